The molecule has 3 aromatic rings. The zero-order valence-corrected chi connectivity index (χ0v) is 16.9. The first-order valence-corrected chi connectivity index (χ1v) is 10.7. The van der Waals surface area contributed by atoms with Gasteiger partial charge in [-0.3, -0.25) is 5.32 Å². The van der Waals surface area contributed by atoms with E-state index >= 15 is 0 Å². The molecular formula is C18H16ClN3OS3. The number of ether oxygens (including phenoxy) is 1. The Morgan fingerprint density at radius 3 is 2.77 bits per heavy atom. The monoisotopic (exact) mass is 421 g/mol. The van der Waals surface area contributed by atoms with Crippen molar-refractivity contribution in [2.24, 2.45) is 0 Å². The Labute approximate surface area is 170 Å². The Morgan fingerprint density at radius 2 is 2.00 bits per heavy atom. The molecule has 0 amide bonds. The van der Waals surface area contributed by atoms with E-state index in [0.29, 0.717) is 0 Å². The van der Waals surface area contributed by atoms with Gasteiger partial charge in [-0.2, -0.15) is 0 Å². The summed E-state index contributed by atoms with van der Waals surface area (Å²) < 4.78 is 9.62. The average Bonchev–Trinajstić information content (AvgIpc) is 3.28. The van der Waals surface area contributed by atoms with Crippen LogP contribution in [0.5, 0.6) is 0 Å². The quantitative estimate of drug-likeness (QED) is 0.458. The summed E-state index contributed by atoms with van der Waals surface area (Å²) in [6.07, 6.45) is 0.0428. The summed E-state index contributed by atoms with van der Waals surface area (Å²) in [4.78, 5) is 0. The summed E-state index contributed by atoms with van der Waals surface area (Å²) in [5, 5.41) is 8.76. The topological polar surface area (TPSA) is 39.1 Å². The minimum absolute atomic E-state index is 0.0852. The van der Waals surface area contributed by atoms with Crippen molar-refractivity contribution in [2.75, 3.05) is 12.3 Å². The maximum Gasteiger partial charge on any atom is 0.184 e. The van der Waals surface area contributed by atoms with E-state index in [0.717, 1.165) is 36.9 Å². The number of thioether (sulfide) groups is 1. The van der Waals surface area contributed by atoms with E-state index in [2.05, 4.69) is 10.4 Å². The van der Waals surface area contributed by atoms with Crippen molar-refractivity contribution in [2.45, 2.75) is 16.7 Å². The molecule has 0 unspecified atom stereocenters. The highest BCUT2D eigenvalue weighted by Gasteiger charge is 2.26. The van der Waals surface area contributed by atoms with Crippen LogP contribution in [0.15, 0.2) is 58.9 Å². The van der Waals surface area contributed by atoms with E-state index in [-0.39, 0.29) is 12.3 Å². The van der Waals surface area contributed by atoms with Gasteiger partial charge in [0.25, 0.3) is 0 Å². The van der Waals surface area contributed by atoms with Crippen LogP contribution in [-0.4, -0.2) is 28.2 Å². The molecule has 8 heteroatoms. The van der Waals surface area contributed by atoms with Gasteiger partial charge in [-0.25, -0.2) is 4.68 Å². The second-order valence-electron chi connectivity index (χ2n) is 5.79. The predicted octanol–water partition coefficient (Wildman–Crippen LogP) is 5.10. The maximum absolute atomic E-state index is 6.10. The second-order valence-corrected chi connectivity index (χ2v) is 9.12. The molecule has 1 aliphatic rings. The highest BCUT2D eigenvalue weighted by Crippen LogP contribution is 2.29. The standard InChI is InChI=1S/C18H16ClN3OS3/c19-13-8-6-12(7-9-13)16-20-10-15(23-16)11-25-17-21-22(18(24)26-17)14-4-2-1-3-5-14/h1-9,15-16,20H,10-11H2/t15-,16+/m0/s1. The van der Waals surface area contributed by atoms with Crippen molar-refractivity contribution in [3.63, 3.8) is 0 Å². The molecule has 0 radical (unpaired) electrons. The fourth-order valence-corrected chi connectivity index (χ4v) is 5.19. The lowest BCUT2D eigenvalue weighted by Crippen LogP contribution is -2.16. The molecule has 1 fully saturated rings. The Balaban J connectivity index is 1.37. The Bertz CT molecular complexity index is 927. The minimum atomic E-state index is -0.0852. The lowest BCUT2D eigenvalue weighted by Gasteiger charge is -2.12. The first-order valence-electron chi connectivity index (χ1n) is 8.12. The van der Waals surface area contributed by atoms with Gasteiger partial charge in [0.05, 0.1) is 11.8 Å². The molecule has 26 heavy (non-hydrogen) atoms. The van der Waals surface area contributed by atoms with Crippen molar-refractivity contribution >= 4 is 46.9 Å². The van der Waals surface area contributed by atoms with Gasteiger partial charge in [-0.1, -0.05) is 65.0 Å². The Hall–Kier alpha value is -1.22. The molecule has 4 nitrogen and oxygen atoms in total. The summed E-state index contributed by atoms with van der Waals surface area (Å²) in [5.74, 6) is 0.828. The van der Waals surface area contributed by atoms with Gasteiger partial charge in [-0.05, 0) is 42.0 Å². The van der Waals surface area contributed by atoms with E-state index in [1.54, 1.807) is 11.8 Å². The minimum Gasteiger partial charge on any atom is -0.354 e. The van der Waals surface area contributed by atoms with Gasteiger partial charge in [0.15, 0.2) is 8.29 Å². The highest BCUT2D eigenvalue weighted by molar-refractivity contribution is 8.01. The average molecular weight is 422 g/mol. The van der Waals surface area contributed by atoms with Crippen molar-refractivity contribution in [3.8, 4) is 5.69 Å². The van der Waals surface area contributed by atoms with E-state index in [1.807, 2.05) is 59.3 Å². The molecule has 1 saturated heterocycles. The van der Waals surface area contributed by atoms with Crippen LogP contribution in [0.3, 0.4) is 0 Å². The fourth-order valence-electron chi connectivity index (χ4n) is 2.68. The molecular weight excluding hydrogens is 406 g/mol. The third-order valence-corrected chi connectivity index (χ3v) is 6.70. The SMILES string of the molecule is S=c1sc(SC[C@@H]2CN[C@@H](c3ccc(Cl)cc3)O2)nn1-c1ccccc1. The molecule has 0 aliphatic carbocycles. The van der Waals surface area contributed by atoms with Crippen molar-refractivity contribution in [1.82, 2.24) is 15.1 Å². The van der Waals surface area contributed by atoms with Gasteiger partial charge in [0.2, 0.25) is 0 Å². The van der Waals surface area contributed by atoms with E-state index in [9.17, 15) is 0 Å². The predicted molar refractivity (Wildman–Crippen MR) is 110 cm³/mol. The van der Waals surface area contributed by atoms with E-state index < -0.39 is 0 Å². The van der Waals surface area contributed by atoms with Crippen LogP contribution < -0.4 is 5.32 Å². The van der Waals surface area contributed by atoms with Crippen molar-refractivity contribution in [3.05, 3.63) is 69.1 Å². The number of hydrogen-bond acceptors (Lipinski definition) is 6. The van der Waals surface area contributed by atoms with Crippen LogP contribution in [0.25, 0.3) is 5.69 Å². The van der Waals surface area contributed by atoms with E-state index in [4.69, 9.17) is 28.6 Å². The smallest absolute Gasteiger partial charge is 0.184 e. The third kappa shape index (κ3) is 4.19. The van der Waals surface area contributed by atoms with Crippen LogP contribution in [-0.2, 0) is 4.74 Å². The first kappa shape index (κ1) is 18.2. The number of nitrogens with zero attached hydrogens (tertiary/aromatic N) is 2. The Morgan fingerprint density at radius 1 is 1.23 bits per heavy atom. The molecule has 2 atom stereocenters. The zero-order valence-electron chi connectivity index (χ0n) is 13.7. The largest absolute Gasteiger partial charge is 0.354 e. The summed E-state index contributed by atoms with van der Waals surface area (Å²) in [6, 6.07) is 17.7. The number of para-hydroxylation sites is 1. The van der Waals surface area contributed by atoms with Crippen LogP contribution in [0, 0.1) is 3.95 Å². The van der Waals surface area contributed by atoms with Gasteiger partial charge in [0, 0.05) is 17.3 Å². The van der Waals surface area contributed by atoms with Gasteiger partial charge < -0.3 is 4.74 Å². The fraction of sp³-hybridized carbons (Fsp3) is 0.222. The second kappa shape index (κ2) is 8.21. The summed E-state index contributed by atoms with van der Waals surface area (Å²) in [6.45, 7) is 0.811. The first-order chi connectivity index (χ1) is 12.7. The molecule has 2 aromatic carbocycles. The third-order valence-electron chi connectivity index (χ3n) is 3.95. The molecule has 134 valence electrons. The number of rotatable bonds is 5. The number of halogens is 1. The molecule has 1 aromatic heterocycles. The van der Waals surface area contributed by atoms with Crippen molar-refractivity contribution < 1.29 is 4.74 Å². The normalized spacial score (nSPS) is 19.7. The summed E-state index contributed by atoms with van der Waals surface area (Å²) in [7, 11) is 0. The number of nitrogens with one attached hydrogen (secondary N) is 1. The van der Waals surface area contributed by atoms with Gasteiger partial charge >= 0.3 is 0 Å². The van der Waals surface area contributed by atoms with Crippen LogP contribution in [0.2, 0.25) is 5.02 Å². The summed E-state index contributed by atoms with van der Waals surface area (Å²) in [5.41, 5.74) is 2.08. The molecule has 1 aliphatic heterocycles. The maximum atomic E-state index is 6.10. The number of aromatic nitrogens is 2. The molecule has 2 heterocycles. The lowest BCUT2D eigenvalue weighted by molar-refractivity contribution is 0.0535. The van der Waals surface area contributed by atoms with Crippen LogP contribution in [0.1, 0.15) is 11.8 Å². The van der Waals surface area contributed by atoms with Crippen LogP contribution in [0.4, 0.5) is 0 Å². The lowest BCUT2D eigenvalue weighted by atomic mass is 10.2. The van der Waals surface area contributed by atoms with E-state index in [1.165, 1.54) is 11.3 Å². The Kier molecular flexibility index (Phi) is 5.73. The summed E-state index contributed by atoms with van der Waals surface area (Å²) >= 11 is 14.6. The highest BCUT2D eigenvalue weighted by atomic mass is 35.5. The molecule has 4 rings (SSSR count). The van der Waals surface area contributed by atoms with Gasteiger partial charge in [-0.15, -0.1) is 5.10 Å². The van der Waals surface area contributed by atoms with Crippen molar-refractivity contribution in [1.29, 1.82) is 0 Å². The molecule has 1 N–H and O–H groups in total. The zero-order chi connectivity index (χ0) is 17.9. The van der Waals surface area contributed by atoms with Crippen LogP contribution >= 0.6 is 46.9 Å². The molecule has 0 bridgehead atoms. The molecule has 0 saturated carbocycles. The van der Waals surface area contributed by atoms with Gasteiger partial charge in [0.1, 0.15) is 6.23 Å². The number of hydrogen-bond donors (Lipinski definition) is 1. The molecule has 0 spiro atoms. The number of benzene rings is 2.